The van der Waals surface area contributed by atoms with Crippen molar-refractivity contribution in [2.24, 2.45) is 0 Å². The molecule has 1 N–H and O–H groups in total. The number of H-pyrrole nitrogens is 1. The number of methoxy groups -OCH3 is 1. The zero-order valence-electron chi connectivity index (χ0n) is 18.5. The van der Waals surface area contributed by atoms with E-state index >= 15 is 0 Å². The number of amides is 1. The van der Waals surface area contributed by atoms with Crippen molar-refractivity contribution in [2.75, 3.05) is 17.8 Å². The van der Waals surface area contributed by atoms with E-state index in [-0.39, 0.29) is 11.5 Å². The molecule has 3 aromatic rings. The zero-order valence-corrected chi connectivity index (χ0v) is 19.3. The van der Waals surface area contributed by atoms with Gasteiger partial charge in [-0.05, 0) is 47.5 Å². The SMILES string of the molecule is CCCCCSc1n[n+]2c(c(=O)[nH]1)-c1ccccc1N(C(C)=O)[C@H]2c1ccc(OC)cc1. The number of unbranched alkanes of at least 4 members (excludes halogenated alkanes) is 2. The second kappa shape index (κ2) is 9.56. The molecule has 32 heavy (non-hydrogen) atoms. The topological polar surface area (TPSA) is 79.2 Å². The summed E-state index contributed by atoms with van der Waals surface area (Å²) in [6, 6.07) is 15.0. The van der Waals surface area contributed by atoms with Crippen molar-refractivity contribution in [3.05, 3.63) is 64.4 Å². The van der Waals surface area contributed by atoms with Crippen molar-refractivity contribution in [1.29, 1.82) is 0 Å². The third-order valence-corrected chi connectivity index (χ3v) is 6.45. The summed E-state index contributed by atoms with van der Waals surface area (Å²) in [4.78, 5) is 30.7. The average molecular weight is 452 g/mol. The lowest BCUT2D eigenvalue weighted by Crippen LogP contribution is -2.60. The van der Waals surface area contributed by atoms with Crippen LogP contribution in [0, 0.1) is 0 Å². The van der Waals surface area contributed by atoms with E-state index < -0.39 is 6.17 Å². The van der Waals surface area contributed by atoms with Crippen molar-refractivity contribution >= 4 is 23.4 Å². The van der Waals surface area contributed by atoms with E-state index in [1.54, 1.807) is 16.7 Å². The van der Waals surface area contributed by atoms with Gasteiger partial charge in [0.25, 0.3) is 6.17 Å². The Morgan fingerprint density at radius 2 is 1.94 bits per heavy atom. The molecule has 2 heterocycles. The van der Waals surface area contributed by atoms with E-state index in [1.165, 1.54) is 18.7 Å². The molecule has 0 unspecified atom stereocenters. The minimum Gasteiger partial charge on any atom is -0.497 e. The van der Waals surface area contributed by atoms with Gasteiger partial charge in [-0.25, -0.2) is 4.90 Å². The molecule has 166 valence electrons. The number of hydrogen-bond acceptors (Lipinski definition) is 5. The van der Waals surface area contributed by atoms with E-state index in [0.717, 1.165) is 36.3 Å². The number of nitrogens with one attached hydrogen (secondary N) is 1. The van der Waals surface area contributed by atoms with E-state index in [9.17, 15) is 9.59 Å². The van der Waals surface area contributed by atoms with Gasteiger partial charge in [0.05, 0.1) is 18.4 Å². The lowest BCUT2D eigenvalue weighted by molar-refractivity contribution is -0.763. The second-order valence-corrected chi connectivity index (χ2v) is 8.74. The Morgan fingerprint density at radius 1 is 1.19 bits per heavy atom. The van der Waals surface area contributed by atoms with Crippen molar-refractivity contribution in [1.82, 2.24) is 10.1 Å². The fraction of sp³-hybridized carbons (Fsp3) is 0.333. The molecule has 1 aromatic heterocycles. The molecule has 1 aliphatic rings. The van der Waals surface area contributed by atoms with Crippen LogP contribution in [0.15, 0.2) is 58.5 Å². The third-order valence-electron chi connectivity index (χ3n) is 5.50. The van der Waals surface area contributed by atoms with Crippen molar-refractivity contribution in [2.45, 2.75) is 44.4 Å². The van der Waals surface area contributed by atoms with Crippen LogP contribution >= 0.6 is 11.8 Å². The lowest BCUT2D eigenvalue weighted by Gasteiger charge is -2.31. The fourth-order valence-corrected chi connectivity index (χ4v) is 4.83. The van der Waals surface area contributed by atoms with E-state index in [1.807, 2.05) is 48.5 Å². The highest BCUT2D eigenvalue weighted by Crippen LogP contribution is 2.37. The van der Waals surface area contributed by atoms with E-state index in [4.69, 9.17) is 9.84 Å². The van der Waals surface area contributed by atoms with Gasteiger partial charge >= 0.3 is 11.3 Å². The number of fused-ring (bicyclic) bond motifs is 3. The molecule has 0 radical (unpaired) electrons. The van der Waals surface area contributed by atoms with Gasteiger partial charge in [0.15, 0.2) is 0 Å². The first-order valence-corrected chi connectivity index (χ1v) is 11.8. The average Bonchev–Trinajstić information content (AvgIpc) is 2.80. The van der Waals surface area contributed by atoms with Gasteiger partial charge in [0.1, 0.15) is 5.75 Å². The maximum atomic E-state index is 13.2. The number of anilines is 1. The van der Waals surface area contributed by atoms with E-state index in [0.29, 0.717) is 22.1 Å². The minimum absolute atomic E-state index is 0.129. The maximum absolute atomic E-state index is 13.2. The van der Waals surface area contributed by atoms with Gasteiger partial charge < -0.3 is 4.74 Å². The van der Waals surface area contributed by atoms with E-state index in [2.05, 4.69) is 11.9 Å². The van der Waals surface area contributed by atoms with Crippen LogP contribution in [0.2, 0.25) is 0 Å². The summed E-state index contributed by atoms with van der Waals surface area (Å²) < 4.78 is 6.98. The molecule has 0 bridgehead atoms. The highest BCUT2D eigenvalue weighted by atomic mass is 32.2. The standard InChI is InChI=1S/C24H26N4O3S/c1-4-5-8-15-32-24-25-22(30)21-19-9-6-7-10-20(19)27(16(2)29)23(28(21)26-24)17-11-13-18(31-3)14-12-17/h6-7,9-14,23H,4-5,8,15H2,1-3H3/p+1/t23-/m1/s1. The molecule has 1 atom stereocenters. The first-order valence-electron chi connectivity index (χ1n) is 10.8. The number of aromatic amines is 1. The third kappa shape index (κ3) is 4.14. The van der Waals surface area contributed by atoms with Crippen LogP contribution in [-0.4, -0.2) is 28.9 Å². The van der Waals surface area contributed by atoms with Crippen molar-refractivity contribution < 1.29 is 14.2 Å². The Bertz CT molecular complexity index is 1180. The second-order valence-electron chi connectivity index (χ2n) is 7.66. The number of rotatable bonds is 7. The number of hydrogen-bond donors (Lipinski definition) is 1. The summed E-state index contributed by atoms with van der Waals surface area (Å²) in [5.74, 6) is 1.46. The molecule has 0 fully saturated rings. The molecule has 0 saturated heterocycles. The van der Waals surface area contributed by atoms with Crippen LogP contribution in [0.4, 0.5) is 5.69 Å². The molecule has 1 aliphatic heterocycles. The molecule has 2 aromatic carbocycles. The summed E-state index contributed by atoms with van der Waals surface area (Å²) in [7, 11) is 1.61. The number of ether oxygens (including phenoxy) is 1. The molecule has 7 nitrogen and oxygen atoms in total. The van der Waals surface area contributed by atoms with Gasteiger partial charge in [-0.2, -0.15) is 0 Å². The molecule has 1 amide bonds. The van der Waals surface area contributed by atoms with Gasteiger partial charge in [0.2, 0.25) is 11.1 Å². The predicted molar refractivity (Wildman–Crippen MR) is 125 cm³/mol. The number of para-hydroxylation sites is 1. The number of aromatic nitrogens is 3. The highest BCUT2D eigenvalue weighted by Gasteiger charge is 2.44. The Hall–Kier alpha value is -3.13. The molecule has 0 aliphatic carbocycles. The van der Waals surface area contributed by atoms with Crippen LogP contribution in [-0.2, 0) is 4.79 Å². The largest absolute Gasteiger partial charge is 0.497 e. The van der Waals surface area contributed by atoms with Crippen LogP contribution in [0.1, 0.15) is 44.8 Å². The Labute approximate surface area is 191 Å². The Morgan fingerprint density at radius 3 is 2.62 bits per heavy atom. The highest BCUT2D eigenvalue weighted by molar-refractivity contribution is 7.99. The summed E-state index contributed by atoms with van der Waals surface area (Å²) in [6.45, 7) is 3.69. The summed E-state index contributed by atoms with van der Waals surface area (Å²) in [5, 5.41) is 5.35. The Kier molecular flexibility index (Phi) is 6.60. The fourth-order valence-electron chi connectivity index (χ4n) is 3.97. The zero-order chi connectivity index (χ0) is 22.7. The monoisotopic (exact) mass is 451 g/mol. The summed E-state index contributed by atoms with van der Waals surface area (Å²) in [5.41, 5.74) is 2.44. The number of carbonyl (C=O) groups is 1. The maximum Gasteiger partial charge on any atom is 0.325 e. The smallest absolute Gasteiger partial charge is 0.325 e. The predicted octanol–water partition coefficient (Wildman–Crippen LogP) is 3.93. The molecular formula is C24H27N4O3S+. The first-order chi connectivity index (χ1) is 15.5. The summed E-state index contributed by atoms with van der Waals surface area (Å²) in [6.07, 6.45) is 2.74. The number of thioether (sulfide) groups is 1. The quantitative estimate of drug-likeness (QED) is 0.335. The van der Waals surface area contributed by atoms with Crippen LogP contribution < -0.4 is 19.9 Å². The van der Waals surface area contributed by atoms with Gasteiger partial charge in [-0.3, -0.25) is 14.6 Å². The molecule has 0 spiro atoms. The molecular weight excluding hydrogens is 424 g/mol. The number of nitrogens with zero attached hydrogens (tertiary/aromatic N) is 3. The normalized spacial score (nSPS) is 14.6. The molecule has 0 saturated carbocycles. The van der Waals surface area contributed by atoms with Crippen LogP contribution in [0.5, 0.6) is 5.75 Å². The van der Waals surface area contributed by atoms with Crippen LogP contribution in [0.3, 0.4) is 0 Å². The van der Waals surface area contributed by atoms with Gasteiger partial charge in [-0.15, -0.1) is 0 Å². The van der Waals surface area contributed by atoms with Gasteiger partial charge in [-0.1, -0.05) is 43.7 Å². The van der Waals surface area contributed by atoms with Gasteiger partial charge in [0, 0.05) is 23.3 Å². The van der Waals surface area contributed by atoms with Crippen molar-refractivity contribution in [3.8, 4) is 17.0 Å². The van der Waals surface area contributed by atoms with Crippen LogP contribution in [0.25, 0.3) is 11.3 Å². The summed E-state index contributed by atoms with van der Waals surface area (Å²) >= 11 is 1.53. The Balaban J connectivity index is 1.89. The molecule has 4 rings (SSSR count). The molecule has 8 heteroatoms. The first kappa shape index (κ1) is 22.1. The lowest BCUT2D eigenvalue weighted by atomic mass is 10.0. The number of carbonyl (C=O) groups excluding carboxylic acids is 1. The number of benzene rings is 2. The minimum atomic E-state index is -0.583. The van der Waals surface area contributed by atoms with Crippen molar-refractivity contribution in [3.63, 3.8) is 0 Å².